The van der Waals surface area contributed by atoms with Gasteiger partial charge in [0.2, 0.25) is 17.7 Å². The van der Waals surface area contributed by atoms with Gasteiger partial charge in [-0.15, -0.1) is 0 Å². The third-order valence-electron chi connectivity index (χ3n) is 7.11. The zero-order valence-corrected chi connectivity index (χ0v) is 23.3. The number of carbonyl (C=O) groups is 4. The van der Waals surface area contributed by atoms with Gasteiger partial charge in [0.05, 0.1) is 6.04 Å². The molecule has 0 fully saturated rings. The van der Waals surface area contributed by atoms with Crippen LogP contribution in [0.3, 0.4) is 0 Å². The highest BCUT2D eigenvalue weighted by molar-refractivity contribution is 5.95. The van der Waals surface area contributed by atoms with E-state index in [1.165, 1.54) is 0 Å². The van der Waals surface area contributed by atoms with E-state index in [9.17, 15) is 24.3 Å². The molecule has 0 radical (unpaired) electrons. The molecule has 9 N–H and O–H groups in total. The van der Waals surface area contributed by atoms with Crippen molar-refractivity contribution in [1.29, 1.82) is 0 Å². The predicted molar refractivity (Wildman–Crippen MR) is 151 cm³/mol. The topological polar surface area (TPSA) is 192 Å². The second-order valence-electron chi connectivity index (χ2n) is 10.5. The van der Waals surface area contributed by atoms with E-state index in [2.05, 4.69) is 20.9 Å². The van der Waals surface area contributed by atoms with Gasteiger partial charge < -0.3 is 37.5 Å². The lowest BCUT2D eigenvalue weighted by Crippen LogP contribution is -2.59. The van der Waals surface area contributed by atoms with Crippen molar-refractivity contribution in [1.82, 2.24) is 20.9 Å². The summed E-state index contributed by atoms with van der Waals surface area (Å²) in [5.41, 5.74) is 13.2. The van der Waals surface area contributed by atoms with Gasteiger partial charge in [-0.25, -0.2) is 4.79 Å². The first-order valence-electron chi connectivity index (χ1n) is 13.6. The van der Waals surface area contributed by atoms with E-state index < -0.39 is 47.9 Å². The first-order valence-corrected chi connectivity index (χ1v) is 13.6. The van der Waals surface area contributed by atoms with Crippen LogP contribution in [0.5, 0.6) is 0 Å². The molecule has 5 unspecified atom stereocenters. The number of aromatic amines is 1. The number of amides is 3. The molecule has 0 spiro atoms. The maximum atomic E-state index is 13.5. The van der Waals surface area contributed by atoms with Gasteiger partial charge in [-0.3, -0.25) is 14.4 Å². The molecule has 3 amide bonds. The molecule has 0 saturated carbocycles. The second-order valence-corrected chi connectivity index (χ2v) is 10.5. The molecule has 11 nitrogen and oxygen atoms in total. The van der Waals surface area contributed by atoms with Crippen molar-refractivity contribution < 1.29 is 24.3 Å². The highest BCUT2D eigenvalue weighted by Crippen LogP contribution is 2.20. The van der Waals surface area contributed by atoms with E-state index in [1.54, 1.807) is 6.20 Å². The summed E-state index contributed by atoms with van der Waals surface area (Å²) in [4.78, 5) is 54.7. The lowest BCUT2D eigenvalue weighted by molar-refractivity contribution is -0.142. The summed E-state index contributed by atoms with van der Waals surface area (Å²) in [6, 6.07) is 3.63. The molecule has 2 rings (SSSR count). The molecule has 0 aliphatic heterocycles. The Morgan fingerprint density at radius 3 is 2.23 bits per heavy atom. The van der Waals surface area contributed by atoms with Gasteiger partial charge in [-0.1, -0.05) is 52.3 Å². The molecule has 5 atom stereocenters. The van der Waals surface area contributed by atoms with Crippen molar-refractivity contribution in [3.8, 4) is 0 Å². The molecule has 11 heteroatoms. The van der Waals surface area contributed by atoms with Gasteiger partial charge in [-0.2, -0.15) is 0 Å². The average molecular weight is 545 g/mol. The number of benzene rings is 1. The number of H-pyrrole nitrogens is 1. The van der Waals surface area contributed by atoms with Crippen molar-refractivity contribution in [3.63, 3.8) is 0 Å². The van der Waals surface area contributed by atoms with E-state index in [0.717, 1.165) is 16.5 Å². The van der Waals surface area contributed by atoms with Gasteiger partial charge in [0.1, 0.15) is 18.1 Å². The van der Waals surface area contributed by atoms with Gasteiger partial charge in [0, 0.05) is 23.5 Å². The Morgan fingerprint density at radius 2 is 1.62 bits per heavy atom. The standard InChI is InChI=1S/C28H44N6O5/c1-5-17(4)24(34-26(36)23(30)16(2)3)27(37)33-22(14-18-15-31-20-11-7-6-10-19(18)20)25(35)32-21(28(38)39)12-8-9-13-29/h6-7,10-11,15-17,21-24,31H,5,8-9,12-14,29-30H2,1-4H3,(H,32,35)(H,33,37)(H,34,36)(H,38,39). The smallest absolute Gasteiger partial charge is 0.326 e. The third kappa shape index (κ3) is 9.07. The second kappa shape index (κ2) is 15.2. The molecular weight excluding hydrogens is 500 g/mol. The molecule has 1 aromatic carbocycles. The van der Waals surface area contributed by atoms with Crippen LogP contribution in [0, 0.1) is 11.8 Å². The summed E-state index contributed by atoms with van der Waals surface area (Å²) >= 11 is 0. The monoisotopic (exact) mass is 544 g/mol. The van der Waals surface area contributed by atoms with Crippen LogP contribution in [0.25, 0.3) is 10.9 Å². The van der Waals surface area contributed by atoms with Crippen molar-refractivity contribution in [2.24, 2.45) is 23.3 Å². The molecule has 216 valence electrons. The number of hydrogen-bond donors (Lipinski definition) is 7. The Bertz CT molecular complexity index is 1120. The number of fused-ring (bicyclic) bond motifs is 1. The fraction of sp³-hybridized carbons (Fsp3) is 0.571. The maximum absolute atomic E-state index is 13.5. The molecule has 1 heterocycles. The Balaban J connectivity index is 2.33. The van der Waals surface area contributed by atoms with Crippen LogP contribution in [0.1, 0.15) is 58.9 Å². The van der Waals surface area contributed by atoms with E-state index in [4.69, 9.17) is 11.5 Å². The Hall–Kier alpha value is -3.44. The lowest BCUT2D eigenvalue weighted by Gasteiger charge is -2.28. The Labute approximate surface area is 229 Å². The van der Waals surface area contributed by atoms with Gasteiger partial charge in [0.15, 0.2) is 0 Å². The van der Waals surface area contributed by atoms with Crippen LogP contribution in [-0.2, 0) is 25.6 Å². The van der Waals surface area contributed by atoms with Gasteiger partial charge >= 0.3 is 5.97 Å². The van der Waals surface area contributed by atoms with Crippen LogP contribution in [0.4, 0.5) is 0 Å². The fourth-order valence-corrected chi connectivity index (χ4v) is 4.27. The van der Waals surface area contributed by atoms with Crippen LogP contribution in [-0.4, -0.2) is 64.5 Å². The quantitative estimate of drug-likeness (QED) is 0.155. The van der Waals surface area contributed by atoms with Crippen molar-refractivity contribution in [2.75, 3.05) is 6.54 Å². The number of nitrogens with one attached hydrogen (secondary N) is 4. The number of nitrogens with two attached hydrogens (primary N) is 2. The molecule has 0 aliphatic carbocycles. The minimum atomic E-state index is -1.16. The summed E-state index contributed by atoms with van der Waals surface area (Å²) < 4.78 is 0. The highest BCUT2D eigenvalue weighted by Gasteiger charge is 2.33. The number of carboxylic acid groups (broad SMARTS) is 1. The van der Waals surface area contributed by atoms with Gasteiger partial charge in [0.25, 0.3) is 0 Å². The number of carbonyl (C=O) groups excluding carboxylic acids is 3. The van der Waals surface area contributed by atoms with E-state index in [1.807, 2.05) is 52.0 Å². The molecule has 0 aliphatic rings. The number of rotatable bonds is 16. The number of para-hydroxylation sites is 1. The third-order valence-corrected chi connectivity index (χ3v) is 7.11. The number of aliphatic carboxylic acids is 1. The normalized spacial score (nSPS) is 15.3. The van der Waals surface area contributed by atoms with Gasteiger partial charge in [-0.05, 0) is 49.3 Å². The first-order chi connectivity index (χ1) is 18.5. The average Bonchev–Trinajstić information content (AvgIpc) is 3.32. The number of unbranched alkanes of at least 4 members (excludes halogenated alkanes) is 1. The number of carboxylic acids is 1. The molecule has 0 bridgehead atoms. The van der Waals surface area contributed by atoms with E-state index in [0.29, 0.717) is 25.8 Å². The van der Waals surface area contributed by atoms with E-state index in [-0.39, 0.29) is 24.7 Å². The first kappa shape index (κ1) is 31.8. The van der Waals surface area contributed by atoms with Crippen molar-refractivity contribution in [2.45, 2.75) is 84.0 Å². The SMILES string of the molecule is CCC(C)C(NC(=O)C(N)C(C)C)C(=O)NC(Cc1c[nH]c2ccccc12)C(=O)NC(CCCCN)C(=O)O. The highest BCUT2D eigenvalue weighted by atomic mass is 16.4. The minimum Gasteiger partial charge on any atom is -0.480 e. The van der Waals surface area contributed by atoms with Crippen LogP contribution >= 0.6 is 0 Å². The summed E-state index contributed by atoms with van der Waals surface area (Å²) in [5.74, 6) is -3.14. The zero-order chi connectivity index (χ0) is 29.1. The number of aromatic nitrogens is 1. The van der Waals surface area contributed by atoms with Crippen LogP contribution < -0.4 is 27.4 Å². The summed E-state index contributed by atoms with van der Waals surface area (Å²) in [6.07, 6.45) is 3.85. The Morgan fingerprint density at radius 1 is 0.949 bits per heavy atom. The predicted octanol–water partition coefficient (Wildman–Crippen LogP) is 1.41. The fourth-order valence-electron chi connectivity index (χ4n) is 4.27. The summed E-state index contributed by atoms with van der Waals surface area (Å²) in [7, 11) is 0. The van der Waals surface area contributed by atoms with E-state index >= 15 is 0 Å². The molecule has 0 saturated heterocycles. The molecule has 39 heavy (non-hydrogen) atoms. The minimum absolute atomic E-state index is 0.114. The Kier molecular flexibility index (Phi) is 12.4. The number of hydrogen-bond acceptors (Lipinski definition) is 6. The van der Waals surface area contributed by atoms with Crippen LogP contribution in [0.2, 0.25) is 0 Å². The summed E-state index contributed by atoms with van der Waals surface area (Å²) in [6.45, 7) is 7.78. The lowest BCUT2D eigenvalue weighted by atomic mass is 9.95. The molecule has 2 aromatic rings. The zero-order valence-electron chi connectivity index (χ0n) is 23.3. The maximum Gasteiger partial charge on any atom is 0.326 e. The molecule has 1 aromatic heterocycles. The van der Waals surface area contributed by atoms with Crippen molar-refractivity contribution in [3.05, 3.63) is 36.0 Å². The molecular formula is C28H44N6O5. The van der Waals surface area contributed by atoms with Crippen LogP contribution in [0.15, 0.2) is 30.5 Å². The summed E-state index contributed by atoms with van der Waals surface area (Å²) in [5, 5.41) is 18.7. The van der Waals surface area contributed by atoms with Crippen molar-refractivity contribution >= 4 is 34.6 Å². The largest absolute Gasteiger partial charge is 0.480 e.